The van der Waals surface area contributed by atoms with Crippen LogP contribution in [0.4, 0.5) is 0 Å². The second-order valence-corrected chi connectivity index (χ2v) is 6.61. The Balaban J connectivity index is 0. The van der Waals surface area contributed by atoms with Crippen molar-refractivity contribution in [3.05, 3.63) is 0 Å². The Labute approximate surface area is 160 Å². The van der Waals surface area contributed by atoms with Gasteiger partial charge in [-0.3, -0.25) is 0 Å². The van der Waals surface area contributed by atoms with Gasteiger partial charge < -0.3 is 9.66 Å². The van der Waals surface area contributed by atoms with Gasteiger partial charge in [0.25, 0.3) is 0 Å². The second-order valence-electron chi connectivity index (χ2n) is 5.08. The molecule has 19 heavy (non-hydrogen) atoms. The van der Waals surface area contributed by atoms with E-state index in [2.05, 4.69) is 0 Å². The van der Waals surface area contributed by atoms with Crippen molar-refractivity contribution in [1.82, 2.24) is 0 Å². The number of hydrogen-bond donors (Lipinski definition) is 1. The molecule has 0 heterocycles. The predicted molar refractivity (Wildman–Crippen MR) is 72.4 cm³/mol. The third kappa shape index (κ3) is 21.9. The predicted octanol–water partition coefficient (Wildman–Crippen LogP) is -0.183. The van der Waals surface area contributed by atoms with Crippen LogP contribution in [0.5, 0.6) is 0 Å². The van der Waals surface area contributed by atoms with Crippen molar-refractivity contribution in [2.45, 2.75) is 77.2 Å². The van der Waals surface area contributed by atoms with Gasteiger partial charge in [-0.15, -0.1) is 0 Å². The van der Waals surface area contributed by atoms with Crippen LogP contribution in [0.2, 0.25) is 0 Å². The van der Waals surface area contributed by atoms with Gasteiger partial charge in [-0.25, -0.2) is 8.42 Å². The van der Waals surface area contributed by atoms with Crippen LogP contribution >= 0.6 is 0 Å². The van der Waals surface area contributed by atoms with Crippen LogP contribution in [0.15, 0.2) is 0 Å². The van der Waals surface area contributed by atoms with Crippen LogP contribution in [0.3, 0.4) is 0 Å². The zero-order valence-corrected chi connectivity index (χ0v) is 16.4. The largest absolute Gasteiger partial charge is 1.00 e. The molecule has 1 N–H and O–H groups in total. The zero-order chi connectivity index (χ0) is 13.9. The fourth-order valence-corrected chi connectivity index (χ4v) is 2.51. The third-order valence-corrected chi connectivity index (χ3v) is 3.80. The smallest absolute Gasteiger partial charge is 0.748 e. The first-order chi connectivity index (χ1) is 8.42. The first kappa shape index (κ1) is 22.8. The topological polar surface area (TPSA) is 77.4 Å². The van der Waals surface area contributed by atoms with E-state index in [0.717, 1.165) is 32.1 Å². The molecule has 0 amide bonds. The molecule has 1 atom stereocenters. The van der Waals surface area contributed by atoms with Gasteiger partial charge >= 0.3 is 51.4 Å². The Morgan fingerprint density at radius 1 is 0.895 bits per heavy atom. The van der Waals surface area contributed by atoms with Gasteiger partial charge in [0.05, 0.1) is 16.2 Å². The minimum Gasteiger partial charge on any atom is -0.748 e. The summed E-state index contributed by atoms with van der Waals surface area (Å²) >= 11 is 0. The van der Waals surface area contributed by atoms with Crippen LogP contribution in [-0.4, -0.2) is 29.9 Å². The molecule has 0 aliphatic rings. The van der Waals surface area contributed by atoms with Gasteiger partial charge in [0, 0.05) is 5.75 Å². The number of aliphatic hydroxyl groups excluding tert-OH is 1. The quantitative estimate of drug-likeness (QED) is 0.308. The van der Waals surface area contributed by atoms with Gasteiger partial charge in [0.1, 0.15) is 0 Å². The van der Waals surface area contributed by atoms with Crippen molar-refractivity contribution in [3.63, 3.8) is 0 Å². The number of unbranched alkanes of at least 4 members (excludes halogenated alkanes) is 8. The average molecular weight is 319 g/mol. The van der Waals surface area contributed by atoms with E-state index < -0.39 is 10.1 Å². The molecule has 0 rings (SSSR count). The van der Waals surface area contributed by atoms with E-state index >= 15 is 0 Å². The molecule has 0 spiro atoms. The van der Waals surface area contributed by atoms with Crippen molar-refractivity contribution < 1.29 is 69.5 Å². The molecular weight excluding hydrogens is 291 g/mol. The van der Waals surface area contributed by atoms with Crippen LogP contribution in [0.1, 0.15) is 71.1 Å². The summed E-state index contributed by atoms with van der Waals surface area (Å²) < 4.78 is 31.0. The number of aliphatic hydroxyl groups is 1. The Bertz CT molecular complexity index is 278. The summed E-state index contributed by atoms with van der Waals surface area (Å²) in [6, 6.07) is 0. The maximum atomic E-state index is 10.3. The maximum absolute atomic E-state index is 10.3. The monoisotopic (exact) mass is 318 g/mol. The Morgan fingerprint density at radius 3 is 1.63 bits per heavy atom. The van der Waals surface area contributed by atoms with Gasteiger partial charge in [-0.1, -0.05) is 51.4 Å². The van der Waals surface area contributed by atoms with E-state index in [1.54, 1.807) is 0 Å². The second kappa shape index (κ2) is 14.4. The third-order valence-electron chi connectivity index (χ3n) is 3.02. The van der Waals surface area contributed by atoms with E-state index in [4.69, 9.17) is 5.11 Å². The summed E-state index contributed by atoms with van der Waals surface area (Å²) in [6.45, 7) is 1.82. The van der Waals surface area contributed by atoms with Gasteiger partial charge in [-0.05, 0) is 19.8 Å². The molecule has 0 aromatic rings. The molecule has 1 unspecified atom stereocenters. The summed E-state index contributed by atoms with van der Waals surface area (Å²) in [5.74, 6) is -0.216. The number of rotatable bonds is 12. The zero-order valence-electron chi connectivity index (χ0n) is 12.4. The van der Waals surface area contributed by atoms with E-state index in [1.807, 2.05) is 6.92 Å². The molecule has 0 bridgehead atoms. The van der Waals surface area contributed by atoms with Gasteiger partial charge in [0.15, 0.2) is 0 Å². The Kier molecular flexibility index (Phi) is 17.3. The van der Waals surface area contributed by atoms with E-state index in [0.29, 0.717) is 6.42 Å². The molecule has 110 valence electrons. The first-order valence-electron chi connectivity index (χ1n) is 7.03. The molecule has 0 aromatic carbocycles. The van der Waals surface area contributed by atoms with Crippen LogP contribution in [0.25, 0.3) is 0 Å². The minimum absolute atomic E-state index is 0. The van der Waals surface area contributed by atoms with Crippen molar-refractivity contribution in [2.75, 3.05) is 5.75 Å². The van der Waals surface area contributed by atoms with Crippen molar-refractivity contribution in [1.29, 1.82) is 0 Å². The molecule has 0 aliphatic heterocycles. The summed E-state index contributed by atoms with van der Waals surface area (Å²) in [5, 5.41) is 9.07. The van der Waals surface area contributed by atoms with E-state index in [-0.39, 0.29) is 63.2 Å². The van der Waals surface area contributed by atoms with Gasteiger partial charge in [0.2, 0.25) is 0 Å². The minimum atomic E-state index is -4.01. The molecule has 4 nitrogen and oxygen atoms in total. The molecule has 0 saturated carbocycles. The molecule has 6 heteroatoms. The summed E-state index contributed by atoms with van der Waals surface area (Å²) in [5.41, 5.74) is 0. The van der Waals surface area contributed by atoms with Crippen molar-refractivity contribution in [3.8, 4) is 0 Å². The normalized spacial score (nSPS) is 13.0. The van der Waals surface area contributed by atoms with Crippen molar-refractivity contribution in [2.24, 2.45) is 0 Å². The first-order valence-corrected chi connectivity index (χ1v) is 8.61. The van der Waals surface area contributed by atoms with E-state index in [9.17, 15) is 13.0 Å². The Morgan fingerprint density at radius 2 is 1.26 bits per heavy atom. The fraction of sp³-hybridized carbons (Fsp3) is 1.00. The summed E-state index contributed by atoms with van der Waals surface area (Å²) in [7, 11) is -4.01. The molecule has 0 aliphatic carbocycles. The molecule has 0 fully saturated rings. The number of hydrogen-bond acceptors (Lipinski definition) is 4. The maximum Gasteiger partial charge on any atom is 1.00 e. The fourth-order valence-electron chi connectivity index (χ4n) is 1.96. The SMILES string of the molecule is CC(O)CCCCCCCCCCCS(=O)(=O)[O-].[K+]. The standard InChI is InChI=1S/C13H28O4S.K/c1-13(14)11-9-7-5-3-2-4-6-8-10-12-18(15,16)17;/h13-14H,2-12H2,1H3,(H,15,16,17);/q;+1/p-1. The summed E-state index contributed by atoms with van der Waals surface area (Å²) in [6.07, 6.45) is 10.1. The Hall–Kier alpha value is 1.51. The van der Waals surface area contributed by atoms with Crippen molar-refractivity contribution >= 4 is 10.1 Å². The summed E-state index contributed by atoms with van der Waals surface area (Å²) in [4.78, 5) is 0. The van der Waals surface area contributed by atoms with Crippen LogP contribution in [-0.2, 0) is 10.1 Å². The molecule has 0 radical (unpaired) electrons. The van der Waals surface area contributed by atoms with Gasteiger partial charge in [-0.2, -0.15) is 0 Å². The average Bonchev–Trinajstić information content (AvgIpc) is 2.24. The molecule has 0 aromatic heterocycles. The molecule has 0 saturated heterocycles. The van der Waals surface area contributed by atoms with E-state index in [1.165, 1.54) is 25.7 Å². The molecular formula is C13H27KO4S. The van der Waals surface area contributed by atoms with Crippen LogP contribution in [0, 0.1) is 0 Å². The van der Waals surface area contributed by atoms with Crippen LogP contribution < -0.4 is 51.4 Å².